The Morgan fingerprint density at radius 3 is 2.58 bits per heavy atom. The van der Waals surface area contributed by atoms with Gasteiger partial charge in [0.25, 0.3) is 5.91 Å². The number of amidine groups is 1. The smallest absolute Gasteiger partial charge is 0.349 e. The predicted molar refractivity (Wildman–Crippen MR) is 132 cm³/mol. The third-order valence-corrected chi connectivity index (χ3v) is 7.41. The van der Waals surface area contributed by atoms with E-state index in [0.717, 1.165) is 25.5 Å². The number of aromatic nitrogens is 2. The minimum Gasteiger partial charge on any atom is -0.349 e. The second-order valence-corrected chi connectivity index (χ2v) is 10.2. The van der Waals surface area contributed by atoms with Gasteiger partial charge in [0.2, 0.25) is 0 Å². The number of alkyl halides is 6. The van der Waals surface area contributed by atoms with Crippen LogP contribution in [-0.2, 0) is 23.7 Å². The van der Waals surface area contributed by atoms with Crippen LogP contribution in [0.3, 0.4) is 0 Å². The Labute approximate surface area is 217 Å². The number of benzene rings is 2. The monoisotopic (exact) mass is 553 g/mol. The van der Waals surface area contributed by atoms with Gasteiger partial charge in [0, 0.05) is 24.5 Å². The zero-order chi connectivity index (χ0) is 27.2. The molecule has 38 heavy (non-hydrogen) atoms. The number of thioether (sulfide) groups is 1. The van der Waals surface area contributed by atoms with Crippen molar-refractivity contribution in [1.82, 2.24) is 14.7 Å². The van der Waals surface area contributed by atoms with E-state index in [1.54, 1.807) is 24.3 Å². The molecule has 2 aliphatic heterocycles. The molecule has 2 aliphatic rings. The molecule has 6 nitrogen and oxygen atoms in total. The zero-order valence-corrected chi connectivity index (χ0v) is 20.5. The van der Waals surface area contributed by atoms with Crippen LogP contribution < -0.4 is 5.73 Å². The van der Waals surface area contributed by atoms with Gasteiger partial charge in [0.1, 0.15) is 0 Å². The fraction of sp³-hybridized carbons (Fsp3) is 0.320. The summed E-state index contributed by atoms with van der Waals surface area (Å²) >= 11 is 1.27. The number of likely N-dealkylation sites (tertiary alicyclic amines) is 1. The third kappa shape index (κ3) is 5.44. The zero-order valence-electron chi connectivity index (χ0n) is 19.7. The molecule has 0 bridgehead atoms. The summed E-state index contributed by atoms with van der Waals surface area (Å²) in [6.07, 6.45) is -4.88. The van der Waals surface area contributed by atoms with Crippen molar-refractivity contribution in [3.63, 3.8) is 0 Å². The number of fused-ring (bicyclic) bond motifs is 1. The number of carbonyl (C=O) groups is 1. The van der Waals surface area contributed by atoms with Gasteiger partial charge in [-0.3, -0.25) is 9.48 Å². The number of piperidine rings is 1. The van der Waals surface area contributed by atoms with Crippen molar-refractivity contribution in [2.45, 2.75) is 37.8 Å². The molecule has 2 N–H and O–H groups in total. The minimum atomic E-state index is -4.97. The van der Waals surface area contributed by atoms with Crippen LogP contribution in [0.25, 0.3) is 17.0 Å². The van der Waals surface area contributed by atoms with E-state index in [9.17, 15) is 31.1 Å². The van der Waals surface area contributed by atoms with Crippen molar-refractivity contribution in [3.8, 4) is 0 Å². The molecule has 3 aromatic rings. The van der Waals surface area contributed by atoms with Crippen LogP contribution in [0.4, 0.5) is 26.3 Å². The highest BCUT2D eigenvalue weighted by molar-refractivity contribution is 8.18. The van der Waals surface area contributed by atoms with Gasteiger partial charge in [-0.1, -0.05) is 12.1 Å². The number of nitrogens with two attached hydrogens (primary N) is 1. The van der Waals surface area contributed by atoms with Crippen molar-refractivity contribution < 1.29 is 31.1 Å². The van der Waals surface area contributed by atoms with E-state index in [2.05, 4.69) is 10.1 Å². The molecule has 0 unspecified atom stereocenters. The Bertz CT molecular complexity index is 1460. The maximum absolute atomic E-state index is 13.6. The number of amides is 1. The Morgan fingerprint density at radius 1 is 1.08 bits per heavy atom. The number of hydrogen-bond acceptors (Lipinski definition) is 5. The Morgan fingerprint density at radius 2 is 1.87 bits per heavy atom. The quantitative estimate of drug-likeness (QED) is 0.342. The molecular formula is C25H21F6N5OS. The van der Waals surface area contributed by atoms with E-state index >= 15 is 0 Å². The molecular weight excluding hydrogens is 532 g/mol. The van der Waals surface area contributed by atoms with Crippen LogP contribution in [0.1, 0.15) is 35.1 Å². The van der Waals surface area contributed by atoms with Crippen LogP contribution in [0, 0.1) is 0 Å². The van der Waals surface area contributed by atoms with Gasteiger partial charge in [-0.2, -0.15) is 36.4 Å². The molecule has 0 radical (unpaired) electrons. The summed E-state index contributed by atoms with van der Waals surface area (Å²) in [6, 6.07) is 6.67. The highest BCUT2D eigenvalue weighted by atomic mass is 32.2. The first-order chi connectivity index (χ1) is 17.9. The van der Waals surface area contributed by atoms with Gasteiger partial charge in [-0.05, 0) is 66.1 Å². The molecule has 1 saturated heterocycles. The second-order valence-electron chi connectivity index (χ2n) is 9.15. The lowest BCUT2D eigenvalue weighted by Crippen LogP contribution is -2.44. The largest absolute Gasteiger partial charge is 0.416 e. The van der Waals surface area contributed by atoms with Crippen molar-refractivity contribution in [1.29, 1.82) is 0 Å². The van der Waals surface area contributed by atoms with Crippen LogP contribution in [0.15, 0.2) is 52.5 Å². The van der Waals surface area contributed by atoms with Crippen LogP contribution in [0.2, 0.25) is 0 Å². The molecule has 3 heterocycles. The molecule has 1 fully saturated rings. The van der Waals surface area contributed by atoms with Gasteiger partial charge < -0.3 is 10.6 Å². The maximum Gasteiger partial charge on any atom is 0.416 e. The van der Waals surface area contributed by atoms with Crippen LogP contribution in [-0.4, -0.2) is 44.9 Å². The van der Waals surface area contributed by atoms with E-state index in [1.165, 1.54) is 22.6 Å². The highest BCUT2D eigenvalue weighted by Gasteiger charge is 2.38. The summed E-state index contributed by atoms with van der Waals surface area (Å²) in [6.45, 7) is 1.03. The summed E-state index contributed by atoms with van der Waals surface area (Å²) in [5.74, 6) is -0.359. The Kier molecular flexibility index (Phi) is 6.76. The average Bonchev–Trinajstić information content (AvgIpc) is 3.41. The summed E-state index contributed by atoms with van der Waals surface area (Å²) in [5, 5.41) is 5.36. The molecule has 2 aromatic carbocycles. The summed E-state index contributed by atoms with van der Waals surface area (Å²) < 4.78 is 80.9. The molecule has 0 spiro atoms. The number of carbonyl (C=O) groups excluding carboxylic acids is 1. The average molecular weight is 554 g/mol. The highest BCUT2D eigenvalue weighted by Crippen LogP contribution is 2.38. The first kappa shape index (κ1) is 26.3. The Hall–Kier alpha value is -3.32. The lowest BCUT2D eigenvalue weighted by Gasteiger charge is -2.31. The molecule has 0 aliphatic carbocycles. The van der Waals surface area contributed by atoms with Crippen molar-refractivity contribution in [3.05, 3.63) is 69.8 Å². The lowest BCUT2D eigenvalue weighted by molar-refractivity contribution is -0.143. The Balaban J connectivity index is 1.38. The number of rotatable bonds is 3. The number of halogens is 6. The van der Waals surface area contributed by atoms with Crippen LogP contribution in [0.5, 0.6) is 0 Å². The van der Waals surface area contributed by atoms with E-state index in [4.69, 9.17) is 5.73 Å². The van der Waals surface area contributed by atoms with E-state index < -0.39 is 23.5 Å². The van der Waals surface area contributed by atoms with Gasteiger partial charge in [-0.15, -0.1) is 0 Å². The summed E-state index contributed by atoms with van der Waals surface area (Å²) in [7, 11) is 0. The fourth-order valence-electron chi connectivity index (χ4n) is 4.51. The molecule has 200 valence electrons. The normalized spacial score (nSPS) is 20.0. The first-order valence-electron chi connectivity index (χ1n) is 11.6. The summed E-state index contributed by atoms with van der Waals surface area (Å²) in [4.78, 5) is 19.1. The molecule has 1 atom stereocenters. The standard InChI is InChI=1S/C25H21F6N5OS/c26-24(27,28)17-5-4-15(19(10-17)25(29,30)31)12-36-20-6-3-14(8-16(20)11-33-36)9-21-22(37)34-23(38-21)35-7-1-2-18(32)13-35/h3-6,8-11,18H,1-2,7,12-13,32H2/t18-/m1/s1. The fourth-order valence-corrected chi connectivity index (χ4v) is 5.45. The van der Waals surface area contributed by atoms with Gasteiger partial charge >= 0.3 is 12.4 Å². The predicted octanol–water partition coefficient (Wildman–Crippen LogP) is 5.52. The number of nitrogens with zero attached hydrogens (tertiary/aromatic N) is 4. The van der Waals surface area contributed by atoms with Gasteiger partial charge in [-0.25, -0.2) is 0 Å². The maximum atomic E-state index is 13.6. The van der Waals surface area contributed by atoms with Crippen LogP contribution >= 0.6 is 11.8 Å². The minimum absolute atomic E-state index is 0.0314. The van der Waals surface area contributed by atoms with Crippen molar-refractivity contribution in [2.24, 2.45) is 10.7 Å². The van der Waals surface area contributed by atoms with Crippen molar-refractivity contribution in [2.75, 3.05) is 13.1 Å². The van der Waals surface area contributed by atoms with Crippen molar-refractivity contribution >= 4 is 39.8 Å². The van der Waals surface area contributed by atoms with Gasteiger partial charge in [0.15, 0.2) is 5.17 Å². The SMILES string of the molecule is N[C@@H]1CCCN(C2=NC(=O)C(=Cc3ccc4c(cnn4Cc4ccc(C(F)(F)F)cc4C(F)(F)F)c3)S2)C1. The second kappa shape index (κ2) is 9.77. The number of aliphatic imine (C=N–C) groups is 1. The van der Waals surface area contributed by atoms with Gasteiger partial charge in [0.05, 0.1) is 34.3 Å². The number of hydrogen-bond donors (Lipinski definition) is 1. The topological polar surface area (TPSA) is 76.5 Å². The molecule has 1 amide bonds. The first-order valence-corrected chi connectivity index (χ1v) is 12.5. The van der Waals surface area contributed by atoms with E-state index in [0.29, 0.717) is 39.2 Å². The summed E-state index contributed by atoms with van der Waals surface area (Å²) in [5.41, 5.74) is 4.12. The van der Waals surface area contributed by atoms with E-state index in [1.807, 2.05) is 4.90 Å². The molecule has 1 aromatic heterocycles. The molecule has 0 saturated carbocycles. The lowest BCUT2D eigenvalue weighted by atomic mass is 10.0. The molecule has 5 rings (SSSR count). The molecule has 13 heteroatoms. The van der Waals surface area contributed by atoms with E-state index in [-0.39, 0.29) is 30.1 Å². The third-order valence-electron chi connectivity index (χ3n) is 6.36.